The van der Waals surface area contributed by atoms with Crippen molar-refractivity contribution in [3.63, 3.8) is 0 Å². The van der Waals surface area contributed by atoms with Crippen molar-refractivity contribution < 1.29 is 41.9 Å². The molecule has 1 heterocycles. The Hall–Kier alpha value is -5.44. The van der Waals surface area contributed by atoms with Crippen LogP contribution in [0.25, 0.3) is 6.08 Å². The fraction of sp³-hybridized carbons (Fsp3) is 0.233. The molecule has 0 unspecified atom stereocenters. The normalized spacial score (nSPS) is 12.0. The van der Waals surface area contributed by atoms with E-state index in [0.717, 1.165) is 18.0 Å². The molecule has 0 atom stereocenters. The molecule has 0 radical (unpaired) electrons. The number of esters is 1. The van der Waals surface area contributed by atoms with Crippen LogP contribution in [0.3, 0.4) is 0 Å². The summed E-state index contributed by atoms with van der Waals surface area (Å²) in [6, 6.07) is 15.4. The number of rotatable bonds is 11. The van der Waals surface area contributed by atoms with Crippen molar-refractivity contribution in [2.24, 2.45) is 0 Å². The van der Waals surface area contributed by atoms with E-state index in [1.165, 1.54) is 65.9 Å². The van der Waals surface area contributed by atoms with Gasteiger partial charge < -0.3 is 24.4 Å². The van der Waals surface area contributed by atoms with Crippen molar-refractivity contribution in [1.82, 2.24) is 4.90 Å². The molecule has 0 aromatic heterocycles. The summed E-state index contributed by atoms with van der Waals surface area (Å²) in [5, 5.41) is 13.3. The van der Waals surface area contributed by atoms with Gasteiger partial charge in [0.25, 0.3) is 21.6 Å². The summed E-state index contributed by atoms with van der Waals surface area (Å²) in [7, 11) is 2.01. The van der Waals surface area contributed by atoms with Gasteiger partial charge >= 0.3 is 5.97 Å². The van der Waals surface area contributed by atoms with Gasteiger partial charge in [-0.3, -0.25) is 24.0 Å². The number of hydrogen-bond acceptors (Lipinski definition) is 10. The molecule has 0 bridgehead atoms. The molecule has 3 aromatic rings. The monoisotopic (exact) mass is 640 g/mol. The lowest BCUT2D eigenvalue weighted by Crippen LogP contribution is -2.29. The number of carbonyl (C=O) groups excluding carboxylic acids is 3. The van der Waals surface area contributed by atoms with E-state index in [1.54, 1.807) is 26.2 Å². The molecule has 1 aliphatic heterocycles. The first kappa shape index (κ1) is 34.1. The predicted molar refractivity (Wildman–Crippen MR) is 166 cm³/mol. The van der Waals surface area contributed by atoms with Gasteiger partial charge in [-0.05, 0) is 47.9 Å². The highest BCUT2D eigenvalue weighted by molar-refractivity contribution is 7.93. The Morgan fingerprint density at radius 3 is 2.42 bits per heavy atom. The zero-order valence-corrected chi connectivity index (χ0v) is 25.8. The van der Waals surface area contributed by atoms with Gasteiger partial charge in [-0.15, -0.1) is 0 Å². The number of amides is 2. The van der Waals surface area contributed by atoms with Crippen LogP contribution in [0.1, 0.15) is 11.1 Å². The molecule has 45 heavy (non-hydrogen) atoms. The smallest absolute Gasteiger partial charge is 0.331 e. The van der Waals surface area contributed by atoms with Crippen LogP contribution in [0.4, 0.5) is 17.1 Å². The molecule has 14 nitrogen and oxygen atoms in total. The molecule has 0 aliphatic carbocycles. The van der Waals surface area contributed by atoms with Crippen molar-refractivity contribution >= 4 is 51.4 Å². The summed E-state index contributed by atoms with van der Waals surface area (Å²) in [6.07, 6.45) is 3.66. The number of anilines is 2. The Morgan fingerprint density at radius 2 is 1.78 bits per heavy atom. The van der Waals surface area contributed by atoms with Crippen molar-refractivity contribution in [2.45, 2.75) is 11.3 Å². The lowest BCUT2D eigenvalue weighted by atomic mass is 10.2. The van der Waals surface area contributed by atoms with Crippen LogP contribution >= 0.6 is 0 Å². The average molecular weight is 641 g/mol. The first-order valence-corrected chi connectivity index (χ1v) is 14.7. The first-order valence-electron chi connectivity index (χ1n) is 13.3. The van der Waals surface area contributed by atoms with Gasteiger partial charge in [0, 0.05) is 44.5 Å². The Bertz CT molecular complexity index is 1710. The maximum absolute atomic E-state index is 13.7. The predicted octanol–water partition coefficient (Wildman–Crippen LogP) is 3.26. The fourth-order valence-electron chi connectivity index (χ4n) is 4.16. The molecular weight excluding hydrogens is 608 g/mol. The second-order valence-electron chi connectivity index (χ2n) is 9.58. The number of methoxy groups -OCH3 is 2. The van der Waals surface area contributed by atoms with Crippen molar-refractivity contribution in [2.75, 3.05) is 51.1 Å². The van der Waals surface area contributed by atoms with Gasteiger partial charge in [0.15, 0.2) is 18.1 Å². The maximum Gasteiger partial charge on any atom is 0.331 e. The zero-order valence-electron chi connectivity index (χ0n) is 25.0. The Kier molecular flexibility index (Phi) is 11.6. The summed E-state index contributed by atoms with van der Waals surface area (Å²) < 4.78 is 44.4. The van der Waals surface area contributed by atoms with Gasteiger partial charge in [-0.25, -0.2) is 13.2 Å². The quantitative estimate of drug-likeness (QED) is 0.108. The number of nitrogens with zero attached hydrogens (tertiary/aromatic N) is 3. The van der Waals surface area contributed by atoms with E-state index in [2.05, 4.69) is 5.32 Å². The van der Waals surface area contributed by atoms with E-state index in [0.29, 0.717) is 17.7 Å². The van der Waals surface area contributed by atoms with Gasteiger partial charge in [0.2, 0.25) is 6.41 Å². The number of ether oxygens (including phenoxy) is 3. The summed E-state index contributed by atoms with van der Waals surface area (Å²) >= 11 is 0. The number of sulfonamides is 1. The lowest BCUT2D eigenvalue weighted by molar-refractivity contribution is -0.384. The number of nitrogens with one attached hydrogen (secondary N) is 1. The third-order valence-corrected chi connectivity index (χ3v) is 8.01. The third kappa shape index (κ3) is 8.79. The van der Waals surface area contributed by atoms with Gasteiger partial charge in [0.1, 0.15) is 4.90 Å². The van der Waals surface area contributed by atoms with Crippen LogP contribution in [0.5, 0.6) is 11.5 Å². The maximum atomic E-state index is 13.7. The number of nitro groups is 1. The number of benzene rings is 3. The van der Waals surface area contributed by atoms with E-state index >= 15 is 0 Å². The van der Waals surface area contributed by atoms with Crippen LogP contribution in [0, 0.1) is 10.1 Å². The standard InChI is InChI=1S/C27H25N3O9S.C3H7NO/c1-37-23-14-18(10-11-26(32)39-17-25(31)28-20-7-5-8-21(16-20)30(33)34)15-24(27(23)38-2)40(35,36)29-13-12-19-6-3-4-9-22(19)29;1-4(2)3-5/h3-11,14-16H,12-13,17H2,1-2H3,(H,28,31);3H,1-2H3. The molecule has 15 heteroatoms. The lowest BCUT2D eigenvalue weighted by Gasteiger charge is -2.22. The minimum atomic E-state index is -4.07. The van der Waals surface area contributed by atoms with Crippen molar-refractivity contribution in [3.05, 3.63) is 88.0 Å². The minimum absolute atomic E-state index is 0.0180. The highest BCUT2D eigenvalue weighted by Gasteiger charge is 2.34. The molecule has 0 spiro atoms. The molecule has 4 rings (SSSR count). The largest absolute Gasteiger partial charge is 0.493 e. The van der Waals surface area contributed by atoms with E-state index in [9.17, 15) is 32.9 Å². The number of non-ortho nitro benzene ring substituents is 1. The highest BCUT2D eigenvalue weighted by Crippen LogP contribution is 2.40. The van der Waals surface area contributed by atoms with Gasteiger partial charge in [-0.1, -0.05) is 24.3 Å². The van der Waals surface area contributed by atoms with E-state index in [1.807, 2.05) is 12.1 Å². The highest BCUT2D eigenvalue weighted by atomic mass is 32.2. The molecule has 3 aromatic carbocycles. The molecule has 1 aliphatic rings. The third-order valence-electron chi connectivity index (χ3n) is 6.19. The van der Waals surface area contributed by atoms with Crippen LogP contribution < -0.4 is 19.1 Å². The van der Waals surface area contributed by atoms with Crippen LogP contribution in [0.2, 0.25) is 0 Å². The van der Waals surface area contributed by atoms with E-state index < -0.39 is 33.4 Å². The van der Waals surface area contributed by atoms with Crippen LogP contribution in [-0.4, -0.2) is 78.0 Å². The Balaban J connectivity index is 0.00000102. The van der Waals surface area contributed by atoms with E-state index in [-0.39, 0.29) is 34.3 Å². The number of para-hydroxylation sites is 1. The number of fused-ring (bicyclic) bond motifs is 1. The average Bonchev–Trinajstić information content (AvgIpc) is 3.48. The summed E-state index contributed by atoms with van der Waals surface area (Å²) in [4.78, 5) is 45.4. The van der Waals surface area contributed by atoms with Crippen LogP contribution in [-0.2, 0) is 35.6 Å². The van der Waals surface area contributed by atoms with Crippen molar-refractivity contribution in [3.8, 4) is 11.5 Å². The molecule has 0 saturated heterocycles. The SMILES string of the molecule is CN(C)C=O.COc1cc(C=CC(=O)OCC(=O)Nc2cccc([N+](=O)[O-])c2)cc(S(=O)(=O)N2CCc3ccccc32)c1OC. The van der Waals surface area contributed by atoms with Gasteiger partial charge in [0.05, 0.1) is 24.8 Å². The van der Waals surface area contributed by atoms with Gasteiger partial charge in [-0.2, -0.15) is 0 Å². The summed E-state index contributed by atoms with van der Waals surface area (Å²) in [5.41, 5.74) is 1.76. The Labute approximate surface area is 260 Å². The topological polar surface area (TPSA) is 175 Å². The van der Waals surface area contributed by atoms with Crippen molar-refractivity contribution in [1.29, 1.82) is 0 Å². The van der Waals surface area contributed by atoms with E-state index in [4.69, 9.17) is 14.2 Å². The molecule has 1 N–H and O–H groups in total. The Morgan fingerprint density at radius 1 is 1.07 bits per heavy atom. The second-order valence-corrected chi connectivity index (χ2v) is 11.4. The minimum Gasteiger partial charge on any atom is -0.493 e. The number of carbonyl (C=O) groups is 3. The molecule has 2 amide bonds. The first-order chi connectivity index (χ1) is 21.4. The summed E-state index contributed by atoms with van der Waals surface area (Å²) in [6.45, 7) is -0.385. The molecule has 0 saturated carbocycles. The molecule has 0 fully saturated rings. The fourth-order valence-corrected chi connectivity index (χ4v) is 5.87. The molecular formula is C30H32N4O10S. The molecule has 238 valence electrons. The number of hydrogen-bond donors (Lipinski definition) is 1. The summed E-state index contributed by atoms with van der Waals surface area (Å²) in [5.74, 6) is -1.42. The zero-order chi connectivity index (χ0) is 33.1. The second kappa shape index (κ2) is 15.3. The number of nitro benzene ring substituents is 1. The van der Waals surface area contributed by atoms with Crippen LogP contribution in [0.15, 0.2) is 71.6 Å².